The quantitative estimate of drug-likeness (QED) is 0.931. The number of benzene rings is 1. The van der Waals surface area contributed by atoms with Crippen molar-refractivity contribution in [1.29, 1.82) is 0 Å². The van der Waals surface area contributed by atoms with E-state index in [-0.39, 0.29) is 0 Å². The van der Waals surface area contributed by atoms with Gasteiger partial charge in [0.15, 0.2) is 0 Å². The van der Waals surface area contributed by atoms with Crippen LogP contribution in [0.2, 0.25) is 0 Å². The Morgan fingerprint density at radius 1 is 1.04 bits per heavy atom. The average Bonchev–Trinajstić information content (AvgIpc) is 3.07. The summed E-state index contributed by atoms with van der Waals surface area (Å²) < 4.78 is 0. The Morgan fingerprint density at radius 2 is 1.92 bits per heavy atom. The first kappa shape index (κ1) is 15.8. The zero-order chi connectivity index (χ0) is 16.4. The van der Waals surface area contributed by atoms with Crippen LogP contribution in [0.25, 0.3) is 0 Å². The van der Waals surface area contributed by atoms with Gasteiger partial charge in [-0.3, -0.25) is 0 Å². The van der Waals surface area contributed by atoms with Crippen molar-refractivity contribution in [2.45, 2.75) is 63.3 Å². The van der Waals surface area contributed by atoms with Gasteiger partial charge in [-0.15, -0.1) is 0 Å². The fourth-order valence-electron chi connectivity index (χ4n) is 4.46. The van der Waals surface area contributed by atoms with E-state index in [1.807, 2.05) is 18.5 Å². The van der Waals surface area contributed by atoms with Gasteiger partial charge in [0, 0.05) is 24.9 Å². The predicted octanol–water partition coefficient (Wildman–Crippen LogP) is 3.81. The van der Waals surface area contributed by atoms with Crippen LogP contribution in [0.3, 0.4) is 0 Å². The van der Waals surface area contributed by atoms with E-state index in [9.17, 15) is 0 Å². The summed E-state index contributed by atoms with van der Waals surface area (Å²) in [6.45, 7) is 0. The molecule has 0 saturated heterocycles. The van der Waals surface area contributed by atoms with Crippen molar-refractivity contribution in [3.8, 4) is 0 Å². The fourth-order valence-corrected chi connectivity index (χ4v) is 4.46. The number of rotatable bonds is 4. The Morgan fingerprint density at radius 3 is 2.71 bits per heavy atom. The summed E-state index contributed by atoms with van der Waals surface area (Å²) in [5.41, 5.74) is 10.8. The van der Waals surface area contributed by atoms with Gasteiger partial charge < -0.3 is 5.73 Å². The highest BCUT2D eigenvalue weighted by molar-refractivity contribution is 5.36. The molecule has 1 heterocycles. The average molecular weight is 321 g/mol. The van der Waals surface area contributed by atoms with Gasteiger partial charge in [0.25, 0.3) is 0 Å². The van der Waals surface area contributed by atoms with Crippen LogP contribution >= 0.6 is 0 Å². The van der Waals surface area contributed by atoms with Crippen LogP contribution in [0.4, 0.5) is 0 Å². The molecule has 3 heteroatoms. The van der Waals surface area contributed by atoms with Crippen molar-refractivity contribution in [3.63, 3.8) is 0 Å². The van der Waals surface area contributed by atoms with Crippen LogP contribution in [0, 0.1) is 5.92 Å². The molecule has 0 aliphatic heterocycles. The lowest BCUT2D eigenvalue weighted by Crippen LogP contribution is -2.16. The Hall–Kier alpha value is -1.74. The molecule has 2 aromatic rings. The molecule has 1 aromatic heterocycles. The van der Waals surface area contributed by atoms with Gasteiger partial charge in [0.05, 0.1) is 0 Å². The molecule has 2 aliphatic rings. The molecular weight excluding hydrogens is 294 g/mol. The summed E-state index contributed by atoms with van der Waals surface area (Å²) in [5, 5.41) is 0. The van der Waals surface area contributed by atoms with Crippen LogP contribution in [-0.4, -0.2) is 16.0 Å². The number of fused-ring (bicyclic) bond motifs is 1. The van der Waals surface area contributed by atoms with Gasteiger partial charge in [-0.2, -0.15) is 0 Å². The van der Waals surface area contributed by atoms with Crippen LogP contribution in [-0.2, 0) is 19.3 Å². The molecule has 2 aliphatic carbocycles. The SMILES string of the molecule is NC1CCC(c2ccc3c(c2)CCC(CCc2ncccn2)C3)C1. The Balaban J connectivity index is 1.38. The Labute approximate surface area is 144 Å². The van der Waals surface area contributed by atoms with Gasteiger partial charge in [-0.25, -0.2) is 9.97 Å². The minimum absolute atomic E-state index is 0.413. The maximum atomic E-state index is 6.09. The normalized spacial score (nSPS) is 26.3. The minimum Gasteiger partial charge on any atom is -0.328 e. The van der Waals surface area contributed by atoms with E-state index in [0.29, 0.717) is 12.0 Å². The molecule has 1 fully saturated rings. The van der Waals surface area contributed by atoms with Crippen molar-refractivity contribution in [2.24, 2.45) is 11.7 Å². The molecule has 0 radical (unpaired) electrons. The summed E-state index contributed by atoms with van der Waals surface area (Å²) in [6.07, 6.45) is 13.2. The molecule has 3 unspecified atom stereocenters. The molecule has 0 spiro atoms. The second-order valence-electron chi connectivity index (χ2n) is 7.61. The highest BCUT2D eigenvalue weighted by Gasteiger charge is 2.25. The lowest BCUT2D eigenvalue weighted by molar-refractivity contribution is 0.423. The van der Waals surface area contributed by atoms with Crippen LogP contribution < -0.4 is 5.73 Å². The van der Waals surface area contributed by atoms with E-state index in [2.05, 4.69) is 28.2 Å². The summed E-state index contributed by atoms with van der Waals surface area (Å²) in [4.78, 5) is 8.70. The van der Waals surface area contributed by atoms with Crippen LogP contribution in [0.1, 0.15) is 60.5 Å². The molecule has 1 saturated carbocycles. The number of hydrogen-bond acceptors (Lipinski definition) is 3. The molecule has 0 bridgehead atoms. The van der Waals surface area contributed by atoms with Crippen molar-refractivity contribution in [1.82, 2.24) is 9.97 Å². The molecule has 126 valence electrons. The first-order valence-electron chi connectivity index (χ1n) is 9.41. The largest absolute Gasteiger partial charge is 0.328 e. The Bertz CT molecular complexity index is 683. The molecular formula is C21H27N3. The highest BCUT2D eigenvalue weighted by atomic mass is 14.8. The van der Waals surface area contributed by atoms with Gasteiger partial charge in [-0.05, 0) is 79.5 Å². The predicted molar refractivity (Wildman–Crippen MR) is 96.9 cm³/mol. The van der Waals surface area contributed by atoms with E-state index in [1.165, 1.54) is 50.5 Å². The second kappa shape index (κ2) is 7.02. The monoisotopic (exact) mass is 321 g/mol. The Kier molecular flexibility index (Phi) is 4.61. The smallest absolute Gasteiger partial charge is 0.128 e. The van der Waals surface area contributed by atoms with Crippen molar-refractivity contribution in [2.75, 3.05) is 0 Å². The number of hydrogen-bond donors (Lipinski definition) is 1. The molecule has 0 amide bonds. The third-order valence-electron chi connectivity index (χ3n) is 5.90. The molecule has 24 heavy (non-hydrogen) atoms. The highest BCUT2D eigenvalue weighted by Crippen LogP contribution is 2.36. The molecule has 1 aromatic carbocycles. The van der Waals surface area contributed by atoms with Crippen molar-refractivity contribution < 1.29 is 0 Å². The first-order valence-corrected chi connectivity index (χ1v) is 9.41. The van der Waals surface area contributed by atoms with E-state index in [4.69, 9.17) is 5.73 Å². The molecule has 3 nitrogen and oxygen atoms in total. The van der Waals surface area contributed by atoms with Gasteiger partial charge in [0.2, 0.25) is 0 Å². The van der Waals surface area contributed by atoms with Crippen LogP contribution in [0.15, 0.2) is 36.7 Å². The summed E-state index contributed by atoms with van der Waals surface area (Å²) >= 11 is 0. The van der Waals surface area contributed by atoms with E-state index in [1.54, 1.807) is 11.1 Å². The summed E-state index contributed by atoms with van der Waals surface area (Å²) in [6, 6.07) is 9.53. The minimum atomic E-state index is 0.413. The zero-order valence-corrected chi connectivity index (χ0v) is 14.3. The van der Waals surface area contributed by atoms with Gasteiger partial charge >= 0.3 is 0 Å². The van der Waals surface area contributed by atoms with E-state index < -0.39 is 0 Å². The number of nitrogens with zero attached hydrogens (tertiary/aromatic N) is 2. The lowest BCUT2D eigenvalue weighted by atomic mass is 9.80. The summed E-state index contributed by atoms with van der Waals surface area (Å²) in [7, 11) is 0. The maximum absolute atomic E-state index is 6.09. The number of aryl methyl sites for hydroxylation is 2. The third-order valence-corrected chi connectivity index (χ3v) is 5.90. The molecule has 4 rings (SSSR count). The first-order chi connectivity index (χ1) is 11.8. The number of aromatic nitrogens is 2. The van der Waals surface area contributed by atoms with E-state index in [0.717, 1.165) is 18.2 Å². The second-order valence-corrected chi connectivity index (χ2v) is 7.61. The molecule has 2 N–H and O–H groups in total. The third kappa shape index (κ3) is 3.51. The van der Waals surface area contributed by atoms with Crippen LogP contribution in [0.5, 0.6) is 0 Å². The fraction of sp³-hybridized carbons (Fsp3) is 0.524. The molecule has 3 atom stereocenters. The van der Waals surface area contributed by atoms with Crippen molar-refractivity contribution >= 4 is 0 Å². The van der Waals surface area contributed by atoms with E-state index >= 15 is 0 Å². The van der Waals surface area contributed by atoms with Crippen molar-refractivity contribution in [3.05, 3.63) is 59.2 Å². The van der Waals surface area contributed by atoms with Gasteiger partial charge in [-0.1, -0.05) is 18.2 Å². The lowest BCUT2D eigenvalue weighted by Gasteiger charge is -2.25. The number of nitrogens with two attached hydrogens (primary N) is 1. The topological polar surface area (TPSA) is 51.8 Å². The maximum Gasteiger partial charge on any atom is 0.128 e. The zero-order valence-electron chi connectivity index (χ0n) is 14.3. The standard InChI is InChI=1S/C21H27N3/c22-20-8-7-19(14-20)18-6-5-16-12-15(2-4-17(16)13-18)3-9-21-23-10-1-11-24-21/h1,5-6,10-11,13,15,19-20H,2-4,7-9,12,14,22H2. The van der Waals surface area contributed by atoms with Gasteiger partial charge in [0.1, 0.15) is 5.82 Å². The summed E-state index contributed by atoms with van der Waals surface area (Å²) in [5.74, 6) is 2.45.